The van der Waals surface area contributed by atoms with Crippen molar-refractivity contribution in [1.82, 2.24) is 19.3 Å². The van der Waals surface area contributed by atoms with E-state index in [9.17, 15) is 18.4 Å². The van der Waals surface area contributed by atoms with Crippen molar-refractivity contribution in [3.63, 3.8) is 0 Å². The number of rotatable bonds is 4. The molecule has 1 saturated heterocycles. The molecule has 3 heterocycles. The minimum absolute atomic E-state index is 0.00795. The standard InChI is InChI=1S/C18H18F2N6O2/c1-24-17-12(8-22-24)18(28)26(10-21-17)9-15(27)23-11-6-13(19)16(14(20)7-11)25-4-2-3-5-25/h6-8,10H,2-5,9H2,1H3,(H,23,27). The Kier molecular flexibility index (Phi) is 4.54. The summed E-state index contributed by atoms with van der Waals surface area (Å²) in [5, 5.41) is 6.66. The molecule has 146 valence electrons. The molecule has 3 aromatic rings. The van der Waals surface area contributed by atoms with Gasteiger partial charge < -0.3 is 10.2 Å². The van der Waals surface area contributed by atoms with Crippen LogP contribution in [-0.2, 0) is 18.4 Å². The molecular weight excluding hydrogens is 370 g/mol. The molecule has 1 amide bonds. The van der Waals surface area contributed by atoms with E-state index in [2.05, 4.69) is 15.4 Å². The lowest BCUT2D eigenvalue weighted by Gasteiger charge is -2.19. The summed E-state index contributed by atoms with van der Waals surface area (Å²) < 4.78 is 31.3. The number of halogens is 2. The Morgan fingerprint density at radius 3 is 2.57 bits per heavy atom. The van der Waals surface area contributed by atoms with Crippen LogP contribution < -0.4 is 15.8 Å². The zero-order valence-electron chi connectivity index (χ0n) is 15.2. The molecule has 0 bridgehead atoms. The van der Waals surface area contributed by atoms with Crippen molar-refractivity contribution in [1.29, 1.82) is 0 Å². The number of hydrogen-bond donors (Lipinski definition) is 1. The number of aryl methyl sites for hydroxylation is 1. The highest BCUT2D eigenvalue weighted by Gasteiger charge is 2.21. The number of anilines is 2. The molecule has 0 spiro atoms. The average Bonchev–Trinajstić information content (AvgIpc) is 3.27. The molecule has 0 unspecified atom stereocenters. The maximum absolute atomic E-state index is 14.4. The zero-order valence-corrected chi connectivity index (χ0v) is 15.2. The van der Waals surface area contributed by atoms with Crippen molar-refractivity contribution in [2.24, 2.45) is 7.05 Å². The Labute approximate surface area is 158 Å². The quantitative estimate of drug-likeness (QED) is 0.735. The van der Waals surface area contributed by atoms with Crippen LogP contribution in [0.25, 0.3) is 11.0 Å². The Bertz CT molecular complexity index is 1090. The number of hydrogen-bond acceptors (Lipinski definition) is 5. The predicted molar refractivity (Wildman–Crippen MR) is 99.2 cm³/mol. The highest BCUT2D eigenvalue weighted by Crippen LogP contribution is 2.29. The van der Waals surface area contributed by atoms with Gasteiger partial charge in [0.2, 0.25) is 5.91 Å². The van der Waals surface area contributed by atoms with Crippen molar-refractivity contribution in [3.05, 3.63) is 46.6 Å². The largest absolute Gasteiger partial charge is 0.367 e. The van der Waals surface area contributed by atoms with E-state index >= 15 is 0 Å². The lowest BCUT2D eigenvalue weighted by Crippen LogP contribution is -2.28. The van der Waals surface area contributed by atoms with Gasteiger partial charge in [-0.2, -0.15) is 5.10 Å². The van der Waals surface area contributed by atoms with Crippen molar-refractivity contribution in [2.45, 2.75) is 19.4 Å². The molecule has 1 N–H and O–H groups in total. The van der Waals surface area contributed by atoms with Gasteiger partial charge in [-0.15, -0.1) is 0 Å². The van der Waals surface area contributed by atoms with Crippen LogP contribution in [0.5, 0.6) is 0 Å². The van der Waals surface area contributed by atoms with Crippen LogP contribution in [0.2, 0.25) is 0 Å². The third-order valence-corrected chi connectivity index (χ3v) is 4.76. The van der Waals surface area contributed by atoms with E-state index in [1.54, 1.807) is 11.9 Å². The predicted octanol–water partition coefficient (Wildman–Crippen LogP) is 1.65. The van der Waals surface area contributed by atoms with Gasteiger partial charge in [0.15, 0.2) is 17.3 Å². The maximum atomic E-state index is 14.4. The monoisotopic (exact) mass is 388 g/mol. The summed E-state index contributed by atoms with van der Waals surface area (Å²) in [6.45, 7) is 0.867. The van der Waals surface area contributed by atoms with Gasteiger partial charge >= 0.3 is 0 Å². The van der Waals surface area contributed by atoms with E-state index in [4.69, 9.17) is 0 Å². The first-order valence-electron chi connectivity index (χ1n) is 8.85. The molecule has 0 saturated carbocycles. The third kappa shape index (κ3) is 3.21. The van der Waals surface area contributed by atoms with Gasteiger partial charge in [0, 0.05) is 25.8 Å². The lowest BCUT2D eigenvalue weighted by molar-refractivity contribution is -0.116. The van der Waals surface area contributed by atoms with Crippen LogP contribution in [0.3, 0.4) is 0 Å². The lowest BCUT2D eigenvalue weighted by atomic mass is 10.2. The number of carbonyl (C=O) groups excluding carboxylic acids is 1. The van der Waals surface area contributed by atoms with Crippen LogP contribution in [0, 0.1) is 11.6 Å². The van der Waals surface area contributed by atoms with E-state index in [1.807, 2.05) is 0 Å². The average molecular weight is 388 g/mol. The first kappa shape index (κ1) is 18.1. The van der Waals surface area contributed by atoms with Crippen LogP contribution in [0.4, 0.5) is 20.2 Å². The molecule has 1 aromatic carbocycles. The van der Waals surface area contributed by atoms with Gasteiger partial charge in [0.25, 0.3) is 5.56 Å². The molecule has 1 aliphatic rings. The molecule has 2 aromatic heterocycles. The number of amides is 1. The second kappa shape index (κ2) is 7.02. The fourth-order valence-electron chi connectivity index (χ4n) is 3.41. The van der Waals surface area contributed by atoms with Gasteiger partial charge in [-0.1, -0.05) is 0 Å². The Balaban J connectivity index is 1.52. The van der Waals surface area contributed by atoms with E-state index in [0.29, 0.717) is 18.7 Å². The smallest absolute Gasteiger partial charge is 0.264 e. The second-order valence-electron chi connectivity index (χ2n) is 6.71. The van der Waals surface area contributed by atoms with Crippen molar-refractivity contribution in [3.8, 4) is 0 Å². The summed E-state index contributed by atoms with van der Waals surface area (Å²) in [5.41, 5.74) is -0.0948. The third-order valence-electron chi connectivity index (χ3n) is 4.76. The summed E-state index contributed by atoms with van der Waals surface area (Å²) in [7, 11) is 1.65. The first-order chi connectivity index (χ1) is 13.4. The molecule has 28 heavy (non-hydrogen) atoms. The zero-order chi connectivity index (χ0) is 19.8. The van der Waals surface area contributed by atoms with E-state index in [0.717, 1.165) is 29.5 Å². The van der Waals surface area contributed by atoms with Gasteiger partial charge in [0.1, 0.15) is 23.9 Å². The van der Waals surface area contributed by atoms with Crippen LogP contribution in [0.1, 0.15) is 12.8 Å². The van der Waals surface area contributed by atoms with Crippen molar-refractivity contribution >= 4 is 28.3 Å². The highest BCUT2D eigenvalue weighted by atomic mass is 19.1. The summed E-state index contributed by atoms with van der Waals surface area (Å²) in [6, 6.07) is 2.17. The highest BCUT2D eigenvalue weighted by molar-refractivity contribution is 5.91. The van der Waals surface area contributed by atoms with Crippen molar-refractivity contribution < 1.29 is 13.6 Å². The second-order valence-corrected chi connectivity index (χ2v) is 6.71. The molecule has 0 aliphatic carbocycles. The minimum Gasteiger partial charge on any atom is -0.367 e. The number of fused-ring (bicyclic) bond motifs is 1. The molecule has 10 heteroatoms. The fourth-order valence-corrected chi connectivity index (χ4v) is 3.41. The van der Waals surface area contributed by atoms with E-state index in [1.165, 1.54) is 17.2 Å². The van der Waals surface area contributed by atoms with Crippen molar-refractivity contribution in [2.75, 3.05) is 23.3 Å². The van der Waals surface area contributed by atoms with Gasteiger partial charge in [-0.25, -0.2) is 13.8 Å². The number of carbonyl (C=O) groups is 1. The minimum atomic E-state index is -0.729. The summed E-state index contributed by atoms with van der Waals surface area (Å²) in [4.78, 5) is 30.4. The summed E-state index contributed by atoms with van der Waals surface area (Å²) in [6.07, 6.45) is 4.40. The summed E-state index contributed by atoms with van der Waals surface area (Å²) >= 11 is 0. The molecule has 1 fully saturated rings. The van der Waals surface area contributed by atoms with Crippen LogP contribution in [-0.4, -0.2) is 38.3 Å². The normalized spacial score (nSPS) is 14.0. The Morgan fingerprint density at radius 1 is 1.21 bits per heavy atom. The molecule has 1 aliphatic heterocycles. The topological polar surface area (TPSA) is 85.0 Å². The number of aromatic nitrogens is 4. The van der Waals surface area contributed by atoms with Gasteiger partial charge in [0.05, 0.1) is 6.20 Å². The molecule has 0 atom stereocenters. The molecule has 0 radical (unpaired) electrons. The SMILES string of the molecule is Cn1ncc2c(=O)n(CC(=O)Nc3cc(F)c(N4CCCC4)c(F)c3)cnc21. The fraction of sp³-hybridized carbons (Fsp3) is 0.333. The summed E-state index contributed by atoms with van der Waals surface area (Å²) in [5.74, 6) is -2.06. The number of nitrogens with one attached hydrogen (secondary N) is 1. The Morgan fingerprint density at radius 2 is 1.89 bits per heavy atom. The van der Waals surface area contributed by atoms with Crippen LogP contribution >= 0.6 is 0 Å². The Hall–Kier alpha value is -3.30. The van der Waals surface area contributed by atoms with E-state index < -0.39 is 23.1 Å². The first-order valence-corrected chi connectivity index (χ1v) is 8.85. The van der Waals surface area contributed by atoms with Gasteiger partial charge in [-0.3, -0.25) is 18.8 Å². The molecular formula is C18H18F2N6O2. The molecule has 8 nitrogen and oxygen atoms in total. The maximum Gasteiger partial charge on any atom is 0.264 e. The van der Waals surface area contributed by atoms with Gasteiger partial charge in [-0.05, 0) is 25.0 Å². The number of benzene rings is 1. The number of nitrogens with zero attached hydrogens (tertiary/aromatic N) is 5. The molecule has 4 rings (SSSR count). The van der Waals surface area contributed by atoms with Crippen LogP contribution in [0.15, 0.2) is 29.5 Å². The van der Waals surface area contributed by atoms with E-state index in [-0.39, 0.29) is 23.3 Å².